The Morgan fingerprint density at radius 2 is 2.38 bits per heavy atom. The molecule has 3 N–H and O–H groups in total. The molecule has 4 nitrogen and oxygen atoms in total. The van der Waals surface area contributed by atoms with Gasteiger partial charge >= 0.3 is 0 Å². The van der Waals surface area contributed by atoms with Crippen LogP contribution in [0.25, 0.3) is 0 Å². The van der Waals surface area contributed by atoms with Gasteiger partial charge < -0.3 is 11.1 Å². The predicted octanol–water partition coefficient (Wildman–Crippen LogP) is 1.78. The molecule has 86 valence electrons. The fourth-order valence-electron chi connectivity index (χ4n) is 1.92. The largest absolute Gasteiger partial charge is 0.369 e. The van der Waals surface area contributed by atoms with Crippen LogP contribution in [0.15, 0.2) is 18.3 Å². The minimum absolute atomic E-state index is 0.431. The molecule has 1 aliphatic rings. The molecule has 0 atom stereocenters. The third-order valence-electron chi connectivity index (χ3n) is 3.14. The van der Waals surface area contributed by atoms with Gasteiger partial charge in [0.1, 0.15) is 5.82 Å². The van der Waals surface area contributed by atoms with Gasteiger partial charge in [0.2, 0.25) is 0 Å². The van der Waals surface area contributed by atoms with Crippen molar-refractivity contribution in [1.82, 2.24) is 4.98 Å². The van der Waals surface area contributed by atoms with Crippen molar-refractivity contribution in [2.75, 3.05) is 11.9 Å². The van der Waals surface area contributed by atoms with Crippen LogP contribution in [0.5, 0.6) is 0 Å². The number of hydrogen-bond donors (Lipinski definition) is 2. The number of anilines is 1. The van der Waals surface area contributed by atoms with Crippen molar-refractivity contribution >= 4 is 11.7 Å². The molecule has 2 rings (SSSR count). The molecule has 4 heteroatoms. The van der Waals surface area contributed by atoms with E-state index >= 15 is 0 Å². The Balaban J connectivity index is 1.89. The van der Waals surface area contributed by atoms with Gasteiger partial charge in [0, 0.05) is 12.7 Å². The lowest BCUT2D eigenvalue weighted by Crippen LogP contribution is -2.19. The number of pyridine rings is 1. The Bertz CT molecular complexity index is 374. The van der Waals surface area contributed by atoms with E-state index in [1.165, 1.54) is 19.3 Å². The van der Waals surface area contributed by atoms with Gasteiger partial charge in [0.05, 0.1) is 5.56 Å². The quantitative estimate of drug-likeness (QED) is 0.793. The normalized spacial score (nSPS) is 15.5. The van der Waals surface area contributed by atoms with Crippen LogP contribution in [0.4, 0.5) is 5.82 Å². The molecule has 0 saturated heterocycles. The molecular formula is C12H17N3O. The fourth-order valence-corrected chi connectivity index (χ4v) is 1.92. The van der Waals surface area contributed by atoms with Crippen LogP contribution in [-0.4, -0.2) is 17.4 Å². The minimum Gasteiger partial charge on any atom is -0.369 e. The molecular weight excluding hydrogens is 202 g/mol. The van der Waals surface area contributed by atoms with E-state index in [9.17, 15) is 4.79 Å². The van der Waals surface area contributed by atoms with Crippen LogP contribution in [0, 0.1) is 5.92 Å². The highest BCUT2D eigenvalue weighted by Crippen LogP contribution is 2.29. The number of rotatable bonds is 5. The lowest BCUT2D eigenvalue weighted by Gasteiger charge is -2.25. The number of aromatic nitrogens is 1. The second-order valence-corrected chi connectivity index (χ2v) is 4.28. The highest BCUT2D eigenvalue weighted by molar-refractivity contribution is 5.97. The summed E-state index contributed by atoms with van der Waals surface area (Å²) in [6, 6.07) is 3.41. The molecule has 0 aromatic carbocycles. The van der Waals surface area contributed by atoms with E-state index in [4.69, 9.17) is 5.73 Å². The number of carbonyl (C=O) groups is 1. The standard InChI is InChI=1S/C12H17N3O/c13-11(16)10-5-2-7-14-12(10)15-8-6-9-3-1-4-9/h2,5,7,9H,1,3-4,6,8H2,(H2,13,16)(H,14,15). The van der Waals surface area contributed by atoms with Gasteiger partial charge in [0.25, 0.3) is 5.91 Å². The third kappa shape index (κ3) is 2.51. The molecule has 0 spiro atoms. The average Bonchev–Trinajstić information content (AvgIpc) is 2.22. The molecule has 0 bridgehead atoms. The van der Waals surface area contributed by atoms with Gasteiger partial charge in [-0.1, -0.05) is 19.3 Å². The molecule has 1 fully saturated rings. The zero-order chi connectivity index (χ0) is 11.4. The number of nitrogens with two attached hydrogens (primary N) is 1. The smallest absolute Gasteiger partial charge is 0.252 e. The summed E-state index contributed by atoms with van der Waals surface area (Å²) in [6.07, 6.45) is 6.85. The lowest BCUT2D eigenvalue weighted by atomic mass is 9.83. The number of nitrogens with zero attached hydrogens (tertiary/aromatic N) is 1. The second-order valence-electron chi connectivity index (χ2n) is 4.28. The first kappa shape index (κ1) is 10.9. The van der Waals surface area contributed by atoms with E-state index in [0.29, 0.717) is 11.4 Å². The maximum atomic E-state index is 11.1. The SMILES string of the molecule is NC(=O)c1cccnc1NCCC1CCC1. The summed E-state index contributed by atoms with van der Waals surface area (Å²) >= 11 is 0. The summed E-state index contributed by atoms with van der Waals surface area (Å²) in [7, 11) is 0. The van der Waals surface area contributed by atoms with Gasteiger partial charge in [-0.3, -0.25) is 4.79 Å². The van der Waals surface area contributed by atoms with Gasteiger partial charge in [-0.25, -0.2) is 4.98 Å². The molecule has 1 aliphatic carbocycles. The number of hydrogen-bond acceptors (Lipinski definition) is 3. The third-order valence-corrected chi connectivity index (χ3v) is 3.14. The van der Waals surface area contributed by atoms with E-state index in [1.807, 2.05) is 0 Å². The Hall–Kier alpha value is -1.58. The predicted molar refractivity (Wildman–Crippen MR) is 63.2 cm³/mol. The van der Waals surface area contributed by atoms with Crippen LogP contribution in [-0.2, 0) is 0 Å². The van der Waals surface area contributed by atoms with Crippen molar-refractivity contribution in [2.45, 2.75) is 25.7 Å². The van der Waals surface area contributed by atoms with Gasteiger partial charge in [0.15, 0.2) is 0 Å². The first-order valence-corrected chi connectivity index (χ1v) is 5.76. The summed E-state index contributed by atoms with van der Waals surface area (Å²) < 4.78 is 0. The first-order valence-electron chi connectivity index (χ1n) is 5.76. The van der Waals surface area contributed by atoms with Crippen molar-refractivity contribution < 1.29 is 4.79 Å². The van der Waals surface area contributed by atoms with E-state index in [0.717, 1.165) is 18.9 Å². The van der Waals surface area contributed by atoms with E-state index in [2.05, 4.69) is 10.3 Å². The van der Waals surface area contributed by atoms with E-state index in [1.54, 1.807) is 18.3 Å². The number of carbonyl (C=O) groups excluding carboxylic acids is 1. The molecule has 1 aromatic heterocycles. The number of primary amides is 1. The van der Waals surface area contributed by atoms with Gasteiger partial charge in [-0.15, -0.1) is 0 Å². The summed E-state index contributed by atoms with van der Waals surface area (Å²) in [5, 5.41) is 3.18. The zero-order valence-electron chi connectivity index (χ0n) is 9.28. The van der Waals surface area contributed by atoms with Crippen LogP contribution in [0.3, 0.4) is 0 Å². The number of nitrogens with one attached hydrogen (secondary N) is 1. The second kappa shape index (κ2) is 4.96. The molecule has 1 saturated carbocycles. The Morgan fingerprint density at radius 3 is 3.00 bits per heavy atom. The van der Waals surface area contributed by atoms with Gasteiger partial charge in [-0.05, 0) is 24.5 Å². The van der Waals surface area contributed by atoms with Crippen molar-refractivity contribution in [3.05, 3.63) is 23.9 Å². The first-order chi connectivity index (χ1) is 7.77. The maximum Gasteiger partial charge on any atom is 0.252 e. The zero-order valence-corrected chi connectivity index (χ0v) is 9.28. The summed E-state index contributed by atoms with van der Waals surface area (Å²) in [5.41, 5.74) is 5.73. The van der Waals surface area contributed by atoms with Crippen molar-refractivity contribution in [3.8, 4) is 0 Å². The lowest BCUT2D eigenvalue weighted by molar-refractivity contribution is 0.100. The summed E-state index contributed by atoms with van der Waals surface area (Å²) in [4.78, 5) is 15.3. The molecule has 0 aliphatic heterocycles. The summed E-state index contributed by atoms with van der Waals surface area (Å²) in [6.45, 7) is 0.863. The molecule has 16 heavy (non-hydrogen) atoms. The van der Waals surface area contributed by atoms with Crippen LogP contribution in [0.1, 0.15) is 36.0 Å². The number of amides is 1. The Kier molecular flexibility index (Phi) is 3.39. The molecule has 0 unspecified atom stereocenters. The molecule has 1 heterocycles. The highest BCUT2D eigenvalue weighted by Gasteiger charge is 2.17. The van der Waals surface area contributed by atoms with Crippen molar-refractivity contribution in [2.24, 2.45) is 11.7 Å². The van der Waals surface area contributed by atoms with Crippen molar-refractivity contribution in [1.29, 1.82) is 0 Å². The van der Waals surface area contributed by atoms with Gasteiger partial charge in [-0.2, -0.15) is 0 Å². The molecule has 0 radical (unpaired) electrons. The summed E-state index contributed by atoms with van der Waals surface area (Å²) in [5.74, 6) is 1.03. The van der Waals surface area contributed by atoms with Crippen LogP contribution >= 0.6 is 0 Å². The Labute approximate surface area is 95.3 Å². The van der Waals surface area contributed by atoms with E-state index < -0.39 is 5.91 Å². The monoisotopic (exact) mass is 219 g/mol. The highest BCUT2D eigenvalue weighted by atomic mass is 16.1. The minimum atomic E-state index is -0.431. The van der Waals surface area contributed by atoms with E-state index in [-0.39, 0.29) is 0 Å². The molecule has 1 aromatic rings. The Morgan fingerprint density at radius 1 is 1.56 bits per heavy atom. The van der Waals surface area contributed by atoms with Crippen LogP contribution < -0.4 is 11.1 Å². The fraction of sp³-hybridized carbons (Fsp3) is 0.500. The molecule has 1 amide bonds. The van der Waals surface area contributed by atoms with Crippen molar-refractivity contribution in [3.63, 3.8) is 0 Å². The maximum absolute atomic E-state index is 11.1. The topological polar surface area (TPSA) is 68.0 Å². The van der Waals surface area contributed by atoms with Crippen LogP contribution in [0.2, 0.25) is 0 Å². The average molecular weight is 219 g/mol.